The zero-order valence-electron chi connectivity index (χ0n) is 20.2. The van der Waals surface area contributed by atoms with Gasteiger partial charge in [-0.2, -0.15) is 0 Å². The number of carbonyl (C=O) groups excluding carboxylic acids is 1. The van der Waals surface area contributed by atoms with E-state index in [1.807, 2.05) is 29.3 Å². The van der Waals surface area contributed by atoms with Gasteiger partial charge in [-0.15, -0.1) is 11.3 Å². The molecule has 1 fully saturated rings. The number of piperazine rings is 1. The van der Waals surface area contributed by atoms with Crippen molar-refractivity contribution in [3.05, 3.63) is 87.5 Å². The van der Waals surface area contributed by atoms with E-state index in [4.69, 9.17) is 5.73 Å². The van der Waals surface area contributed by atoms with Crippen molar-refractivity contribution in [3.8, 4) is 0 Å². The molecule has 184 valence electrons. The van der Waals surface area contributed by atoms with Gasteiger partial charge in [0.2, 0.25) is 0 Å². The monoisotopic (exact) mass is 489 g/mol. The molecular weight excluding hydrogens is 454 g/mol. The highest BCUT2D eigenvalue weighted by atomic mass is 32.1. The van der Waals surface area contributed by atoms with Crippen molar-refractivity contribution in [2.75, 3.05) is 26.2 Å². The van der Waals surface area contributed by atoms with Gasteiger partial charge >= 0.3 is 0 Å². The molecule has 4 N–H and O–H groups in total. The standard InChI is InChI=1S/C28H35N5OS/c1-21(32-25-11-7-10-23(18-25)22-8-3-2-4-9-22)31-13-6-5-12-26-24(20-29)19-27(35-26)28(34)33-16-14-30-15-17-33/h2-3,5,7-8,10-13,19,25,30,32H,1,4,6,9,14-18,20,29H2/b12-5-,31-13-. The van der Waals surface area contributed by atoms with Gasteiger partial charge < -0.3 is 21.3 Å². The summed E-state index contributed by atoms with van der Waals surface area (Å²) in [5, 5.41) is 6.69. The normalized spacial score (nSPS) is 20.4. The number of amides is 1. The van der Waals surface area contributed by atoms with Crippen LogP contribution >= 0.6 is 11.3 Å². The summed E-state index contributed by atoms with van der Waals surface area (Å²) in [6.07, 6.45) is 22.8. The smallest absolute Gasteiger partial charge is 0.264 e. The Morgan fingerprint density at radius 1 is 1.29 bits per heavy atom. The van der Waals surface area contributed by atoms with Crippen LogP contribution < -0.4 is 16.4 Å². The van der Waals surface area contributed by atoms with Crippen LogP contribution in [0.2, 0.25) is 0 Å². The Kier molecular flexibility index (Phi) is 9.06. The van der Waals surface area contributed by atoms with E-state index >= 15 is 0 Å². The summed E-state index contributed by atoms with van der Waals surface area (Å²) < 4.78 is 0. The molecule has 0 saturated carbocycles. The second-order valence-electron chi connectivity index (χ2n) is 8.83. The highest BCUT2D eigenvalue weighted by molar-refractivity contribution is 7.15. The molecule has 2 aliphatic carbocycles. The Balaban J connectivity index is 1.26. The number of rotatable bonds is 9. The highest BCUT2D eigenvalue weighted by Crippen LogP contribution is 2.27. The third kappa shape index (κ3) is 7.01. The molecule has 7 heteroatoms. The minimum atomic E-state index is 0.0980. The van der Waals surface area contributed by atoms with Crippen molar-refractivity contribution in [3.63, 3.8) is 0 Å². The van der Waals surface area contributed by atoms with Gasteiger partial charge in [-0.05, 0) is 48.1 Å². The van der Waals surface area contributed by atoms with E-state index in [2.05, 4.69) is 58.7 Å². The lowest BCUT2D eigenvalue weighted by molar-refractivity contribution is 0.0740. The Labute approximate surface area is 212 Å². The summed E-state index contributed by atoms with van der Waals surface area (Å²) in [6.45, 7) is 7.66. The van der Waals surface area contributed by atoms with Crippen LogP contribution in [0.5, 0.6) is 0 Å². The second-order valence-corrected chi connectivity index (χ2v) is 9.92. The molecule has 2 heterocycles. The van der Waals surface area contributed by atoms with Crippen molar-refractivity contribution in [2.24, 2.45) is 10.7 Å². The van der Waals surface area contributed by atoms with Crippen LogP contribution in [0.3, 0.4) is 0 Å². The lowest BCUT2D eigenvalue weighted by Gasteiger charge is -2.26. The lowest BCUT2D eigenvalue weighted by atomic mass is 9.90. The molecule has 0 bridgehead atoms. The summed E-state index contributed by atoms with van der Waals surface area (Å²) in [6, 6.07) is 2.14. The molecule has 0 spiro atoms. The van der Waals surface area contributed by atoms with E-state index < -0.39 is 0 Å². The molecule has 1 aromatic heterocycles. The number of nitrogens with two attached hydrogens (primary N) is 1. The van der Waals surface area contributed by atoms with E-state index in [0.29, 0.717) is 18.8 Å². The number of nitrogens with one attached hydrogen (secondary N) is 2. The first-order valence-electron chi connectivity index (χ1n) is 12.3. The summed E-state index contributed by atoms with van der Waals surface area (Å²) in [5.41, 5.74) is 9.75. The molecule has 1 aliphatic heterocycles. The van der Waals surface area contributed by atoms with Crippen LogP contribution in [0.15, 0.2) is 77.1 Å². The zero-order chi connectivity index (χ0) is 24.5. The minimum absolute atomic E-state index is 0.0980. The van der Waals surface area contributed by atoms with Gasteiger partial charge in [-0.25, -0.2) is 4.99 Å². The second kappa shape index (κ2) is 12.6. The van der Waals surface area contributed by atoms with E-state index in [1.165, 1.54) is 22.5 Å². The number of aliphatic imine (C=N–C) groups is 1. The summed E-state index contributed by atoms with van der Waals surface area (Å²) in [4.78, 5) is 21.0. The van der Waals surface area contributed by atoms with Crippen LogP contribution in [-0.2, 0) is 6.54 Å². The SMILES string of the molecule is C=C(/N=C\C/C=C\c1sc(C(=O)N2CCNCC2)cc1CN)NC1C=CC=C(C2=CC=CCC2)C1. The average molecular weight is 490 g/mol. The Morgan fingerprint density at radius 2 is 2.11 bits per heavy atom. The van der Waals surface area contributed by atoms with Gasteiger partial charge in [0.05, 0.1) is 10.9 Å². The van der Waals surface area contributed by atoms with Crippen molar-refractivity contribution >= 4 is 29.5 Å². The Bertz CT molecular complexity index is 1100. The molecule has 0 radical (unpaired) electrons. The number of hydrogen-bond donors (Lipinski definition) is 3. The Hall–Kier alpha value is -3.00. The van der Waals surface area contributed by atoms with Crippen LogP contribution in [0, 0.1) is 0 Å². The molecule has 1 unspecified atom stereocenters. The molecule has 1 amide bonds. The lowest BCUT2D eigenvalue weighted by Crippen LogP contribution is -2.46. The number of nitrogens with zero attached hydrogens (tertiary/aromatic N) is 2. The molecule has 4 rings (SSSR count). The van der Waals surface area contributed by atoms with Crippen LogP contribution in [0.1, 0.15) is 45.8 Å². The van der Waals surface area contributed by atoms with E-state index in [1.54, 1.807) is 0 Å². The maximum Gasteiger partial charge on any atom is 0.264 e. The third-order valence-corrected chi connectivity index (χ3v) is 7.42. The summed E-state index contributed by atoms with van der Waals surface area (Å²) >= 11 is 1.51. The topological polar surface area (TPSA) is 82.8 Å². The van der Waals surface area contributed by atoms with E-state index in [0.717, 1.165) is 60.8 Å². The fraction of sp³-hybridized carbons (Fsp3) is 0.357. The molecule has 6 nitrogen and oxygen atoms in total. The van der Waals surface area contributed by atoms with Gasteiger partial charge in [0.1, 0.15) is 5.82 Å². The minimum Gasteiger partial charge on any atom is -0.364 e. The third-order valence-electron chi connectivity index (χ3n) is 6.29. The zero-order valence-corrected chi connectivity index (χ0v) is 21.0. The van der Waals surface area contributed by atoms with E-state index in [9.17, 15) is 4.79 Å². The fourth-order valence-electron chi connectivity index (χ4n) is 4.41. The maximum absolute atomic E-state index is 12.8. The fourth-order valence-corrected chi connectivity index (χ4v) is 5.50. The number of thiophene rings is 1. The number of allylic oxidation sites excluding steroid dienone is 7. The molecule has 1 atom stereocenters. The van der Waals surface area contributed by atoms with Crippen molar-refractivity contribution < 1.29 is 4.79 Å². The Morgan fingerprint density at radius 3 is 2.89 bits per heavy atom. The van der Waals surface area contributed by atoms with Crippen molar-refractivity contribution in [1.29, 1.82) is 0 Å². The average Bonchev–Trinajstić information content (AvgIpc) is 3.32. The molecule has 35 heavy (non-hydrogen) atoms. The molecule has 1 aromatic rings. The van der Waals surface area contributed by atoms with Crippen LogP contribution in [0.25, 0.3) is 6.08 Å². The van der Waals surface area contributed by atoms with Gasteiger partial charge in [0.25, 0.3) is 5.91 Å². The quantitative estimate of drug-likeness (QED) is 0.451. The van der Waals surface area contributed by atoms with Gasteiger partial charge in [-0.3, -0.25) is 4.79 Å². The molecule has 1 saturated heterocycles. The van der Waals surface area contributed by atoms with Crippen LogP contribution in [0.4, 0.5) is 0 Å². The largest absolute Gasteiger partial charge is 0.364 e. The van der Waals surface area contributed by atoms with Gasteiger partial charge in [-0.1, -0.05) is 49.1 Å². The molecule has 3 aliphatic rings. The summed E-state index contributed by atoms with van der Waals surface area (Å²) in [5.74, 6) is 0.760. The highest BCUT2D eigenvalue weighted by Gasteiger charge is 2.21. The molecule has 0 aromatic carbocycles. The number of hydrogen-bond acceptors (Lipinski definition) is 6. The predicted octanol–water partition coefficient (Wildman–Crippen LogP) is 4.32. The molecular formula is C28H35N5OS. The first kappa shape index (κ1) is 25.1. The first-order chi connectivity index (χ1) is 17.1. The van der Waals surface area contributed by atoms with E-state index in [-0.39, 0.29) is 11.9 Å². The summed E-state index contributed by atoms with van der Waals surface area (Å²) in [7, 11) is 0. The number of carbonyl (C=O) groups is 1. The van der Waals surface area contributed by atoms with Gasteiger partial charge in [0, 0.05) is 50.2 Å². The van der Waals surface area contributed by atoms with Crippen molar-refractivity contribution in [1.82, 2.24) is 15.5 Å². The first-order valence-corrected chi connectivity index (χ1v) is 13.2. The van der Waals surface area contributed by atoms with Crippen LogP contribution in [-0.4, -0.2) is 49.2 Å². The van der Waals surface area contributed by atoms with Gasteiger partial charge in [0.15, 0.2) is 0 Å². The predicted molar refractivity (Wildman–Crippen MR) is 147 cm³/mol. The maximum atomic E-state index is 12.8. The van der Waals surface area contributed by atoms with Crippen molar-refractivity contribution in [2.45, 2.75) is 38.3 Å².